The zero-order chi connectivity index (χ0) is 41.4. The zero-order valence-electron chi connectivity index (χ0n) is 29.3. The number of hydrogen-bond donors (Lipinski definition) is 17. The molecule has 5 saturated heterocycles. The summed E-state index contributed by atoms with van der Waals surface area (Å²) in [6.45, 7) is -4.94. The molecule has 0 aromatic carbocycles. The molecule has 0 saturated carbocycles. The molecular weight excluding hydrogens is 776 g/mol. The van der Waals surface area contributed by atoms with E-state index in [0.29, 0.717) is 0 Å². The van der Waals surface area contributed by atoms with Gasteiger partial charge in [0.1, 0.15) is 123 Å². The molecule has 5 rings (SSSR count). The summed E-state index contributed by atoms with van der Waals surface area (Å²) in [6, 6.07) is 0. The van der Waals surface area contributed by atoms with Gasteiger partial charge < -0.3 is 129 Å². The smallest absolute Gasteiger partial charge is 0.224 e. The quantitative estimate of drug-likeness (QED) is 0.0773. The minimum Gasteiger partial charge on any atom is -0.394 e. The predicted molar refractivity (Wildman–Crippen MR) is 167 cm³/mol. The predicted octanol–water partition coefficient (Wildman–Crippen LogP) is -11.9. The Morgan fingerprint density at radius 2 is 0.679 bits per heavy atom. The summed E-state index contributed by atoms with van der Waals surface area (Å²) in [5.74, 6) is -2.47. The Kier molecular flexibility index (Phi) is 15.7. The number of aliphatic hydroxyl groups excluding tert-OH is 17. The lowest BCUT2D eigenvalue weighted by Gasteiger charge is -2.45. The van der Waals surface area contributed by atoms with Crippen LogP contribution in [0.15, 0.2) is 0 Å². The first-order chi connectivity index (χ1) is 26.4. The van der Waals surface area contributed by atoms with Crippen molar-refractivity contribution in [2.24, 2.45) is 0 Å². The van der Waals surface area contributed by atoms with Crippen LogP contribution in [0.3, 0.4) is 0 Å². The number of hydrogen-bond acceptors (Lipinski definition) is 26. The Balaban J connectivity index is 1.18. The van der Waals surface area contributed by atoms with E-state index >= 15 is 0 Å². The van der Waals surface area contributed by atoms with Gasteiger partial charge in [0.25, 0.3) is 0 Å². The molecule has 5 heterocycles. The third-order valence-electron chi connectivity index (χ3n) is 10.4. The minimum atomic E-state index is -2.47. The Morgan fingerprint density at radius 1 is 0.357 bits per heavy atom. The van der Waals surface area contributed by atoms with Crippen LogP contribution < -0.4 is 0 Å². The van der Waals surface area contributed by atoms with Crippen LogP contribution in [0.4, 0.5) is 0 Å². The minimum absolute atomic E-state index is 0.677. The second kappa shape index (κ2) is 19.1. The van der Waals surface area contributed by atoms with Crippen molar-refractivity contribution in [2.75, 3.05) is 39.6 Å². The second-order valence-electron chi connectivity index (χ2n) is 14.1. The maximum Gasteiger partial charge on any atom is 0.224 e. The molecule has 5 aliphatic heterocycles. The second-order valence-corrected chi connectivity index (χ2v) is 14.1. The maximum atomic E-state index is 10.6. The SMILES string of the molecule is OC[C@H]1O[C@@H](OC[C@H]2O[C@H](OC[C@H]3O[C@@H](OC[C@H]4O[C@H](O[C@]5(CO)O[C@H](CO)[C@H](O)[C@@H]5O)[C@H](O)[C@H](O)[C@@H]4O)[C@H](O)[C@H](O)[C@H]3O)[C@H](O)[C@H](O)[C@H]2O)[C@H](O)[C@H](O)[C@H]1O. The van der Waals surface area contributed by atoms with Crippen LogP contribution in [-0.4, -0.2) is 273 Å². The molecule has 0 amide bonds. The first-order valence-electron chi connectivity index (χ1n) is 17.6. The van der Waals surface area contributed by atoms with Crippen LogP contribution in [0.5, 0.6) is 0 Å². The van der Waals surface area contributed by atoms with E-state index in [4.69, 9.17) is 42.6 Å². The molecule has 0 unspecified atom stereocenters. The molecule has 0 aromatic heterocycles. The molecule has 0 radical (unpaired) electrons. The van der Waals surface area contributed by atoms with Crippen molar-refractivity contribution in [1.82, 2.24) is 0 Å². The van der Waals surface area contributed by atoms with Gasteiger partial charge in [0.2, 0.25) is 5.79 Å². The van der Waals surface area contributed by atoms with Crippen molar-refractivity contribution in [2.45, 2.75) is 147 Å². The lowest BCUT2D eigenvalue weighted by molar-refractivity contribution is -0.388. The Morgan fingerprint density at radius 3 is 1.02 bits per heavy atom. The van der Waals surface area contributed by atoms with Gasteiger partial charge in [-0.05, 0) is 0 Å². The zero-order valence-corrected chi connectivity index (χ0v) is 29.3. The standard InChI is InChI=1S/C30H52O26/c31-1-7-12(34)17(39)21(43)26(51-7)48-3-9-13(35)18(40)22(44)27(52-9)49-4-10-14(36)19(41)23(45)28(53-10)50-5-11-15(37)20(42)24(46)29(54-11)56-30(6-33)25(47)16(38)8(2-32)55-30/h7-29,31-47H,1-6H2/t7-,8-,9-,10-,11-,12+,13+,14+,15-,16+,17-,18-,19-,20-,21-,22-,23-,24-,25+,26-,27+,28-,29-,30+/m1/s1. The molecule has 328 valence electrons. The summed E-state index contributed by atoms with van der Waals surface area (Å²) in [6.07, 6.45) is -41.3. The van der Waals surface area contributed by atoms with Crippen molar-refractivity contribution in [3.05, 3.63) is 0 Å². The highest BCUT2D eigenvalue weighted by Gasteiger charge is 2.59. The van der Waals surface area contributed by atoms with E-state index in [9.17, 15) is 86.8 Å². The van der Waals surface area contributed by atoms with Crippen molar-refractivity contribution < 1.29 is 129 Å². The molecule has 5 aliphatic rings. The summed E-state index contributed by atoms with van der Waals surface area (Å²) < 4.78 is 48.8. The first kappa shape index (κ1) is 46.0. The van der Waals surface area contributed by atoms with Gasteiger partial charge in [-0.25, -0.2) is 0 Å². The van der Waals surface area contributed by atoms with Crippen LogP contribution in [0, 0.1) is 0 Å². The fourth-order valence-corrected chi connectivity index (χ4v) is 6.78. The van der Waals surface area contributed by atoms with Gasteiger partial charge >= 0.3 is 0 Å². The van der Waals surface area contributed by atoms with Gasteiger partial charge in [-0.15, -0.1) is 0 Å². The van der Waals surface area contributed by atoms with Gasteiger partial charge in [0, 0.05) is 0 Å². The fraction of sp³-hybridized carbons (Fsp3) is 1.00. The van der Waals surface area contributed by atoms with Gasteiger partial charge in [0.15, 0.2) is 25.2 Å². The molecule has 24 atom stereocenters. The van der Waals surface area contributed by atoms with Crippen molar-refractivity contribution in [3.63, 3.8) is 0 Å². The van der Waals surface area contributed by atoms with Crippen molar-refractivity contribution in [3.8, 4) is 0 Å². The largest absolute Gasteiger partial charge is 0.394 e. The summed E-state index contributed by atoms with van der Waals surface area (Å²) in [4.78, 5) is 0. The van der Waals surface area contributed by atoms with E-state index < -0.39 is 187 Å². The Hall–Kier alpha value is -1.04. The molecular formula is C30H52O26. The third kappa shape index (κ3) is 9.16. The Labute approximate surface area is 316 Å². The average molecular weight is 829 g/mol. The lowest BCUT2D eigenvalue weighted by atomic mass is 9.97. The molecule has 26 nitrogen and oxygen atoms in total. The van der Waals surface area contributed by atoms with E-state index in [1.54, 1.807) is 0 Å². The van der Waals surface area contributed by atoms with E-state index in [2.05, 4.69) is 0 Å². The van der Waals surface area contributed by atoms with Gasteiger partial charge in [-0.1, -0.05) is 0 Å². The topological polar surface area (TPSA) is 427 Å². The van der Waals surface area contributed by atoms with Crippen LogP contribution in [0.1, 0.15) is 0 Å². The summed E-state index contributed by atoms with van der Waals surface area (Å²) in [5, 5.41) is 174. The summed E-state index contributed by atoms with van der Waals surface area (Å²) in [5.41, 5.74) is 0. The molecule has 0 bridgehead atoms. The number of ether oxygens (including phenoxy) is 9. The molecule has 17 N–H and O–H groups in total. The molecule has 0 spiro atoms. The lowest BCUT2D eigenvalue weighted by Crippen LogP contribution is -2.64. The van der Waals surface area contributed by atoms with Crippen molar-refractivity contribution in [1.29, 1.82) is 0 Å². The van der Waals surface area contributed by atoms with Gasteiger partial charge in [-0.3, -0.25) is 0 Å². The molecule has 56 heavy (non-hydrogen) atoms. The molecule has 0 aromatic rings. The van der Waals surface area contributed by atoms with Crippen LogP contribution in [0.2, 0.25) is 0 Å². The Bertz CT molecular complexity index is 1220. The maximum absolute atomic E-state index is 10.6. The monoisotopic (exact) mass is 828 g/mol. The number of aliphatic hydroxyl groups is 17. The van der Waals surface area contributed by atoms with E-state index in [-0.39, 0.29) is 0 Å². The number of rotatable bonds is 14. The van der Waals surface area contributed by atoms with Crippen LogP contribution in [0.25, 0.3) is 0 Å². The third-order valence-corrected chi connectivity index (χ3v) is 10.4. The normalized spacial score (nSPS) is 53.0. The highest BCUT2D eigenvalue weighted by Crippen LogP contribution is 2.36. The van der Waals surface area contributed by atoms with E-state index in [1.807, 2.05) is 0 Å². The first-order valence-corrected chi connectivity index (χ1v) is 17.6. The highest BCUT2D eigenvalue weighted by molar-refractivity contribution is 4.99. The molecule has 0 aliphatic carbocycles. The van der Waals surface area contributed by atoms with Gasteiger partial charge in [0.05, 0.1) is 33.0 Å². The average Bonchev–Trinajstić information content (AvgIpc) is 3.43. The fourth-order valence-electron chi connectivity index (χ4n) is 6.78. The van der Waals surface area contributed by atoms with E-state index in [1.165, 1.54) is 0 Å². The van der Waals surface area contributed by atoms with Crippen molar-refractivity contribution >= 4 is 0 Å². The summed E-state index contributed by atoms with van der Waals surface area (Å²) >= 11 is 0. The van der Waals surface area contributed by atoms with E-state index in [0.717, 1.165) is 0 Å². The highest BCUT2D eigenvalue weighted by atomic mass is 16.8. The molecule has 5 fully saturated rings. The van der Waals surface area contributed by atoms with Crippen LogP contribution in [-0.2, 0) is 42.6 Å². The van der Waals surface area contributed by atoms with Gasteiger partial charge in [-0.2, -0.15) is 0 Å². The molecule has 26 heteroatoms. The van der Waals surface area contributed by atoms with Crippen LogP contribution >= 0.6 is 0 Å². The summed E-state index contributed by atoms with van der Waals surface area (Å²) in [7, 11) is 0.